The Kier molecular flexibility index (Phi) is 13.7. The maximum absolute atomic E-state index is 12.5. The van der Waals surface area contributed by atoms with Crippen LogP contribution < -0.4 is 0 Å². The van der Waals surface area contributed by atoms with E-state index in [0.717, 1.165) is 70.5 Å². The number of piperidine rings is 2. The van der Waals surface area contributed by atoms with E-state index in [4.69, 9.17) is 37.7 Å². The number of ether oxygens (including phenoxy) is 2. The number of carboxylic acids is 1. The van der Waals surface area contributed by atoms with E-state index in [1.54, 1.807) is 34.2 Å². The Morgan fingerprint density at radius 1 is 0.667 bits per heavy atom. The van der Waals surface area contributed by atoms with Gasteiger partial charge in [-0.05, 0) is 167 Å². The fourth-order valence-electron chi connectivity index (χ4n) is 9.27. The number of pyridine rings is 2. The van der Waals surface area contributed by atoms with Crippen molar-refractivity contribution in [1.29, 1.82) is 0 Å². The Morgan fingerprint density at radius 2 is 1.10 bits per heavy atom. The van der Waals surface area contributed by atoms with Crippen LogP contribution in [0.3, 0.4) is 0 Å². The van der Waals surface area contributed by atoms with Crippen LogP contribution in [0.15, 0.2) is 73.1 Å². The lowest BCUT2D eigenvalue weighted by molar-refractivity contribution is -0.130. The number of aromatic nitrogens is 2. The van der Waals surface area contributed by atoms with Crippen molar-refractivity contribution in [3.63, 3.8) is 0 Å². The fourth-order valence-corrected chi connectivity index (χ4v) is 9.62. The summed E-state index contributed by atoms with van der Waals surface area (Å²) in [5.74, 6) is -0.497. The van der Waals surface area contributed by atoms with Gasteiger partial charge in [0.15, 0.2) is 0 Å². The monoisotopic (exact) mass is 894 g/mol. The number of rotatable bonds is 4. The van der Waals surface area contributed by atoms with E-state index in [0.29, 0.717) is 47.7 Å². The number of benzene rings is 2. The molecule has 0 radical (unpaired) electrons. The van der Waals surface area contributed by atoms with Crippen LogP contribution in [0, 0.1) is 11.8 Å². The lowest BCUT2D eigenvalue weighted by atomic mass is 9.76. The molecule has 4 aromatic rings. The van der Waals surface area contributed by atoms with Gasteiger partial charge >= 0.3 is 18.2 Å². The highest BCUT2D eigenvalue weighted by atomic mass is 35.5. The number of carbonyl (C=O) groups excluding carboxylic acids is 2. The third-order valence-electron chi connectivity index (χ3n) is 12.0. The van der Waals surface area contributed by atoms with E-state index >= 15 is 0 Å². The number of aliphatic hydroxyl groups is 1. The quantitative estimate of drug-likeness (QED) is 0.205. The van der Waals surface area contributed by atoms with Crippen LogP contribution in [0.4, 0.5) is 9.59 Å². The Balaban J connectivity index is 0.000000189. The van der Waals surface area contributed by atoms with Crippen LogP contribution in [-0.2, 0) is 14.3 Å². The second-order valence-corrected chi connectivity index (χ2v) is 19.5. The lowest BCUT2D eigenvalue weighted by Crippen LogP contribution is -2.42. The van der Waals surface area contributed by atoms with E-state index in [1.165, 1.54) is 0 Å². The predicted molar refractivity (Wildman–Crippen MR) is 247 cm³/mol. The molecule has 0 spiro atoms. The summed E-state index contributed by atoms with van der Waals surface area (Å²) < 4.78 is 11.1. The van der Waals surface area contributed by atoms with E-state index in [2.05, 4.69) is 11.1 Å². The van der Waals surface area contributed by atoms with Crippen molar-refractivity contribution in [2.24, 2.45) is 11.8 Å². The van der Waals surface area contributed by atoms with E-state index in [1.807, 2.05) is 96.3 Å². The number of carboxylic acid groups (broad SMARTS) is 1. The van der Waals surface area contributed by atoms with E-state index in [-0.39, 0.29) is 42.1 Å². The molecule has 13 heteroatoms. The van der Waals surface area contributed by atoms with Gasteiger partial charge in [-0.25, -0.2) is 14.4 Å². The molecule has 4 aliphatic rings. The first-order chi connectivity index (χ1) is 29.9. The first-order valence-electron chi connectivity index (χ1n) is 21.6. The topological polar surface area (TPSA) is 142 Å². The molecule has 4 heterocycles. The molecule has 2 atom stereocenters. The first-order valence-corrected chi connectivity index (χ1v) is 22.4. The molecule has 2 aliphatic carbocycles. The summed E-state index contributed by atoms with van der Waals surface area (Å²) in [5, 5.41) is 21.1. The molecule has 2 unspecified atom stereocenters. The van der Waals surface area contributed by atoms with Gasteiger partial charge in [-0.3, -0.25) is 9.97 Å². The third kappa shape index (κ3) is 10.6. The van der Waals surface area contributed by atoms with Crippen molar-refractivity contribution in [2.75, 3.05) is 32.8 Å². The number of likely N-dealkylation sites (tertiary alicyclic amines) is 2. The number of carbonyl (C=O) groups is 3. The highest BCUT2D eigenvalue weighted by Gasteiger charge is 2.38. The van der Waals surface area contributed by atoms with Crippen LogP contribution in [-0.4, -0.2) is 92.1 Å². The molecule has 0 saturated carbocycles. The number of fused-ring (bicyclic) bond motifs is 4. The minimum absolute atomic E-state index is 0.0640. The second-order valence-electron chi connectivity index (χ2n) is 18.7. The zero-order valence-electron chi connectivity index (χ0n) is 36.7. The Morgan fingerprint density at radius 3 is 1.52 bits per heavy atom. The van der Waals surface area contributed by atoms with Crippen molar-refractivity contribution in [2.45, 2.75) is 90.3 Å². The molecule has 2 aromatic heterocycles. The van der Waals surface area contributed by atoms with Gasteiger partial charge in [-0.2, -0.15) is 0 Å². The van der Waals surface area contributed by atoms with Crippen LogP contribution in [0.2, 0.25) is 10.0 Å². The summed E-state index contributed by atoms with van der Waals surface area (Å²) in [6.07, 6.45) is 10.00. The average molecular weight is 896 g/mol. The molecule has 63 heavy (non-hydrogen) atoms. The summed E-state index contributed by atoms with van der Waals surface area (Å²) in [6.45, 7) is 13.7. The number of aliphatic carboxylic acids is 1. The molecular formula is C50H56Cl2N4O7. The van der Waals surface area contributed by atoms with Gasteiger partial charge in [0, 0.05) is 60.5 Å². The molecule has 8 rings (SSSR count). The zero-order valence-corrected chi connectivity index (χ0v) is 38.2. The maximum Gasteiger partial charge on any atom is 0.410 e. The maximum atomic E-state index is 12.5. The van der Waals surface area contributed by atoms with Crippen LogP contribution in [0.1, 0.15) is 124 Å². The molecule has 0 bridgehead atoms. The second kappa shape index (κ2) is 18.9. The zero-order chi connectivity index (χ0) is 45.2. The minimum atomic E-state index is -0.997. The van der Waals surface area contributed by atoms with Crippen LogP contribution >= 0.6 is 23.2 Å². The standard InChI is InChI=1S/C25H27ClN2O4.C25H29ClN2O3/c1-25(2,3)32-24(31)28-11-8-15(9-12-28)21-18-7-6-17(26)14-19(18)20(23(29)30)13-16-5-4-10-27-22(16)21;1-25(2,3)31-24(30)28-11-8-16(9-12-28)22-20-7-6-19(26)14-21(20)18(15-29)13-17-5-4-10-27-23(17)22/h4-7,10,13-15,21H,8-9,11-12H2,1-3H3,(H,29,30);4-7,10,13-14,16,22,29H,8-9,11-12,15H2,1-3H3. The van der Waals surface area contributed by atoms with Crippen LogP contribution in [0.25, 0.3) is 23.3 Å². The molecule has 2 fully saturated rings. The van der Waals surface area contributed by atoms with Gasteiger partial charge in [0.05, 0.1) is 23.6 Å². The molecular weight excluding hydrogens is 839 g/mol. The molecule has 2 aliphatic heterocycles. The van der Waals surface area contributed by atoms with Crippen LogP contribution in [0.5, 0.6) is 0 Å². The predicted octanol–water partition coefficient (Wildman–Crippen LogP) is 10.8. The fraction of sp³-hybridized carbons (Fsp3) is 0.420. The van der Waals surface area contributed by atoms with Gasteiger partial charge < -0.3 is 29.5 Å². The van der Waals surface area contributed by atoms with Gasteiger partial charge in [0.2, 0.25) is 0 Å². The SMILES string of the molecule is CC(C)(C)OC(=O)N1CCC(C2c3ccc(Cl)cc3C(C(=O)O)=Cc3cccnc32)CC1.CC(C)(C)OC(=O)N1CCC(C2c3ccc(Cl)cc3C(CO)=Cc3cccnc32)CC1. The molecule has 2 amide bonds. The van der Waals surface area contributed by atoms with Gasteiger partial charge in [-0.15, -0.1) is 0 Å². The van der Waals surface area contributed by atoms with Crippen molar-refractivity contribution in [3.05, 3.63) is 128 Å². The summed E-state index contributed by atoms with van der Waals surface area (Å²) in [7, 11) is 0. The van der Waals surface area contributed by atoms with Crippen molar-refractivity contribution < 1.29 is 34.1 Å². The number of aliphatic hydroxyl groups excluding tert-OH is 1. The van der Waals surface area contributed by atoms with E-state index < -0.39 is 17.2 Å². The summed E-state index contributed by atoms with van der Waals surface area (Å²) in [6, 6.07) is 19.1. The Labute approximate surface area is 379 Å². The molecule has 2 aromatic carbocycles. The van der Waals surface area contributed by atoms with Gasteiger partial charge in [0.1, 0.15) is 11.2 Å². The Bertz CT molecular complexity index is 2420. The third-order valence-corrected chi connectivity index (χ3v) is 12.5. The Hall–Kier alpha value is -5.23. The summed E-state index contributed by atoms with van der Waals surface area (Å²) in [5.41, 5.74) is 7.40. The number of hydrogen-bond acceptors (Lipinski definition) is 8. The number of amides is 2. The molecule has 11 nitrogen and oxygen atoms in total. The largest absolute Gasteiger partial charge is 0.478 e. The highest BCUT2D eigenvalue weighted by Crippen LogP contribution is 2.46. The number of hydrogen-bond donors (Lipinski definition) is 2. The van der Waals surface area contributed by atoms with Gasteiger partial charge in [0.25, 0.3) is 0 Å². The average Bonchev–Trinajstić information content (AvgIpc) is 3.47. The van der Waals surface area contributed by atoms with E-state index in [9.17, 15) is 24.6 Å². The smallest absolute Gasteiger partial charge is 0.410 e. The molecule has 2 saturated heterocycles. The van der Waals surface area contributed by atoms with Crippen molar-refractivity contribution in [1.82, 2.24) is 19.8 Å². The highest BCUT2D eigenvalue weighted by molar-refractivity contribution is 6.31. The number of nitrogens with zero attached hydrogens (tertiary/aromatic N) is 4. The molecule has 332 valence electrons. The summed E-state index contributed by atoms with van der Waals surface area (Å²) >= 11 is 12.6. The number of halogens is 2. The first kappa shape index (κ1) is 45.8. The minimum Gasteiger partial charge on any atom is -0.478 e. The lowest BCUT2D eigenvalue weighted by Gasteiger charge is -2.37. The van der Waals surface area contributed by atoms with Gasteiger partial charge in [-0.1, -0.05) is 47.5 Å². The molecule has 2 N–H and O–H groups in total. The van der Waals surface area contributed by atoms with Crippen molar-refractivity contribution >= 4 is 64.7 Å². The normalized spacial score (nSPS) is 19.0. The van der Waals surface area contributed by atoms with Crippen molar-refractivity contribution in [3.8, 4) is 0 Å². The summed E-state index contributed by atoms with van der Waals surface area (Å²) in [4.78, 5) is 50.1.